The summed E-state index contributed by atoms with van der Waals surface area (Å²) in [5.74, 6) is 0.826. The number of nitrogens with zero attached hydrogens (tertiary/aromatic N) is 2. The van der Waals surface area contributed by atoms with Crippen molar-refractivity contribution < 1.29 is 4.74 Å². The molecule has 4 nitrogen and oxygen atoms in total. The highest BCUT2D eigenvalue weighted by Crippen LogP contribution is 2.55. The van der Waals surface area contributed by atoms with Gasteiger partial charge in [-0.1, -0.05) is 75.4 Å². The number of hydrogen-bond acceptors (Lipinski definition) is 4. The molecule has 0 amide bonds. The number of rotatable bonds is 5. The van der Waals surface area contributed by atoms with Crippen molar-refractivity contribution in [2.45, 2.75) is 66.0 Å². The number of benzene rings is 4. The Balaban J connectivity index is 1.55. The molecule has 4 aromatic carbocycles. The molecule has 0 fully saturated rings. The first kappa shape index (κ1) is 26.4. The van der Waals surface area contributed by atoms with Crippen LogP contribution in [0.3, 0.4) is 0 Å². The molecule has 1 unspecified atom stereocenters. The maximum absolute atomic E-state index is 7.25. The van der Waals surface area contributed by atoms with E-state index in [-0.39, 0.29) is 10.8 Å². The summed E-state index contributed by atoms with van der Waals surface area (Å²) in [4.78, 5) is 7.86. The molecule has 40 heavy (non-hydrogen) atoms. The van der Waals surface area contributed by atoms with Gasteiger partial charge in [0, 0.05) is 29.9 Å². The number of anilines is 2. The van der Waals surface area contributed by atoms with Crippen molar-refractivity contribution in [2.75, 3.05) is 23.3 Å². The number of hydrogen-bond donors (Lipinski definition) is 1. The van der Waals surface area contributed by atoms with Gasteiger partial charge in [-0.05, 0) is 85.9 Å². The standard InChI is InChI=1S/C36H41N3O/c1-8-39(9-2)25-20-18-24(19-21-25)28-22-31-33(27-15-11-10-14-26(27)28)37-32(23-34(3,4)5)36(40-31)35(6,7)29-16-12-13-17-30(29)38-36/h10-22,38H,8-9,23H2,1-7H3. The Morgan fingerprint density at radius 1 is 0.850 bits per heavy atom. The second-order valence-corrected chi connectivity index (χ2v) is 12.9. The summed E-state index contributed by atoms with van der Waals surface area (Å²) in [6.45, 7) is 17.8. The predicted octanol–water partition coefficient (Wildman–Crippen LogP) is 9.35. The Morgan fingerprint density at radius 2 is 1.50 bits per heavy atom. The second kappa shape index (κ2) is 9.40. The summed E-state index contributed by atoms with van der Waals surface area (Å²) in [6, 6.07) is 28.3. The van der Waals surface area contributed by atoms with Crippen molar-refractivity contribution in [3.05, 3.63) is 84.4 Å². The molecule has 2 aliphatic rings. The third-order valence-corrected chi connectivity index (χ3v) is 8.69. The molecule has 4 heteroatoms. The normalized spacial score (nSPS) is 19.0. The zero-order valence-corrected chi connectivity index (χ0v) is 24.9. The molecular formula is C36H41N3O. The van der Waals surface area contributed by atoms with Crippen LogP contribution in [0.4, 0.5) is 17.1 Å². The lowest BCUT2D eigenvalue weighted by atomic mass is 9.72. The Morgan fingerprint density at radius 3 is 2.15 bits per heavy atom. The summed E-state index contributed by atoms with van der Waals surface area (Å²) >= 11 is 0. The third kappa shape index (κ3) is 4.08. The maximum Gasteiger partial charge on any atom is 0.229 e. The van der Waals surface area contributed by atoms with Crippen LogP contribution in [0.2, 0.25) is 0 Å². The van der Waals surface area contributed by atoms with Crippen LogP contribution in [0.15, 0.2) is 83.9 Å². The lowest BCUT2D eigenvalue weighted by molar-refractivity contribution is 0.0968. The molecule has 0 radical (unpaired) electrons. The molecule has 206 valence electrons. The fourth-order valence-electron chi connectivity index (χ4n) is 6.57. The van der Waals surface area contributed by atoms with Gasteiger partial charge in [0.25, 0.3) is 0 Å². The van der Waals surface area contributed by atoms with Gasteiger partial charge in [-0.2, -0.15) is 0 Å². The Hall–Kier alpha value is -3.79. The first-order valence-electron chi connectivity index (χ1n) is 14.6. The summed E-state index contributed by atoms with van der Waals surface area (Å²) in [7, 11) is 0. The van der Waals surface area contributed by atoms with Gasteiger partial charge < -0.3 is 15.0 Å². The van der Waals surface area contributed by atoms with E-state index in [1.807, 2.05) is 0 Å². The fraction of sp³-hybridized carbons (Fsp3) is 0.361. The lowest BCUT2D eigenvalue weighted by Crippen LogP contribution is -2.61. The van der Waals surface area contributed by atoms with Crippen LogP contribution in [-0.2, 0) is 5.41 Å². The van der Waals surface area contributed by atoms with Crippen molar-refractivity contribution in [3.8, 4) is 16.9 Å². The van der Waals surface area contributed by atoms with Crippen LogP contribution in [-0.4, -0.2) is 24.5 Å². The van der Waals surface area contributed by atoms with Gasteiger partial charge in [0.05, 0.1) is 11.1 Å². The van der Waals surface area contributed by atoms with E-state index in [4.69, 9.17) is 9.73 Å². The van der Waals surface area contributed by atoms with Gasteiger partial charge in [0.2, 0.25) is 5.72 Å². The quantitative estimate of drug-likeness (QED) is 0.279. The monoisotopic (exact) mass is 531 g/mol. The Bertz CT molecular complexity index is 1610. The number of aliphatic imine (C=N–C) groups is 1. The van der Waals surface area contributed by atoms with E-state index in [2.05, 4.69) is 138 Å². The van der Waals surface area contributed by atoms with Crippen molar-refractivity contribution in [3.63, 3.8) is 0 Å². The molecule has 1 spiro atoms. The van der Waals surface area contributed by atoms with E-state index in [0.717, 1.165) is 47.7 Å². The van der Waals surface area contributed by atoms with Crippen molar-refractivity contribution in [1.82, 2.24) is 0 Å². The van der Waals surface area contributed by atoms with Gasteiger partial charge in [-0.15, -0.1) is 0 Å². The average Bonchev–Trinajstić information content (AvgIpc) is 3.15. The van der Waals surface area contributed by atoms with E-state index in [1.165, 1.54) is 27.8 Å². The zero-order chi connectivity index (χ0) is 28.3. The fourth-order valence-corrected chi connectivity index (χ4v) is 6.57. The maximum atomic E-state index is 7.25. The van der Waals surface area contributed by atoms with E-state index in [1.54, 1.807) is 0 Å². The minimum absolute atomic E-state index is 0.0432. The Kier molecular flexibility index (Phi) is 6.21. The first-order chi connectivity index (χ1) is 19.1. The number of nitrogens with one attached hydrogen (secondary N) is 1. The van der Waals surface area contributed by atoms with E-state index in [0.29, 0.717) is 0 Å². The van der Waals surface area contributed by atoms with Crippen LogP contribution in [0, 0.1) is 5.41 Å². The van der Waals surface area contributed by atoms with Crippen molar-refractivity contribution in [1.29, 1.82) is 0 Å². The molecule has 1 N–H and O–H groups in total. The highest BCUT2D eigenvalue weighted by molar-refractivity contribution is 6.10. The van der Waals surface area contributed by atoms with Gasteiger partial charge in [0.1, 0.15) is 11.4 Å². The van der Waals surface area contributed by atoms with Crippen LogP contribution < -0.4 is 15.0 Å². The molecule has 2 heterocycles. The number of ether oxygens (including phenoxy) is 1. The molecule has 1 atom stereocenters. The minimum atomic E-state index is -0.774. The Labute approximate surface area is 239 Å². The van der Waals surface area contributed by atoms with E-state index >= 15 is 0 Å². The summed E-state index contributed by atoms with van der Waals surface area (Å²) in [6.07, 6.45) is 0.819. The van der Waals surface area contributed by atoms with Crippen LogP contribution in [0.25, 0.3) is 21.9 Å². The average molecular weight is 532 g/mol. The summed E-state index contributed by atoms with van der Waals surface area (Å²) in [5.41, 5.74) is 6.88. The third-order valence-electron chi connectivity index (χ3n) is 8.69. The molecule has 0 bridgehead atoms. The molecule has 0 saturated carbocycles. The largest absolute Gasteiger partial charge is 0.459 e. The molecule has 4 aromatic rings. The minimum Gasteiger partial charge on any atom is -0.459 e. The van der Waals surface area contributed by atoms with Gasteiger partial charge >= 0.3 is 0 Å². The number of fused-ring (bicyclic) bond motifs is 4. The molecule has 0 saturated heterocycles. The smallest absolute Gasteiger partial charge is 0.229 e. The topological polar surface area (TPSA) is 36.9 Å². The molecule has 2 aliphatic heterocycles. The summed E-state index contributed by atoms with van der Waals surface area (Å²) in [5, 5.41) is 6.15. The van der Waals surface area contributed by atoms with Crippen LogP contribution in [0.1, 0.15) is 60.5 Å². The lowest BCUT2D eigenvalue weighted by Gasteiger charge is -2.46. The number of para-hydroxylation sites is 1. The van der Waals surface area contributed by atoms with E-state index < -0.39 is 5.72 Å². The van der Waals surface area contributed by atoms with Crippen LogP contribution in [0.5, 0.6) is 5.75 Å². The second-order valence-electron chi connectivity index (χ2n) is 12.9. The first-order valence-corrected chi connectivity index (χ1v) is 14.6. The molecule has 6 rings (SSSR count). The molecule has 0 aromatic heterocycles. The molecular weight excluding hydrogens is 490 g/mol. The predicted molar refractivity (Wildman–Crippen MR) is 171 cm³/mol. The van der Waals surface area contributed by atoms with Crippen LogP contribution >= 0.6 is 0 Å². The van der Waals surface area contributed by atoms with Crippen molar-refractivity contribution in [2.24, 2.45) is 10.4 Å². The van der Waals surface area contributed by atoms with Gasteiger partial charge in [-0.25, -0.2) is 4.99 Å². The zero-order valence-electron chi connectivity index (χ0n) is 24.9. The van der Waals surface area contributed by atoms with Crippen molar-refractivity contribution >= 4 is 33.5 Å². The highest BCUT2D eigenvalue weighted by Gasteiger charge is 2.59. The van der Waals surface area contributed by atoms with Gasteiger partial charge in [0.15, 0.2) is 0 Å². The summed E-state index contributed by atoms with van der Waals surface area (Å²) < 4.78 is 7.25. The molecule has 0 aliphatic carbocycles. The van der Waals surface area contributed by atoms with E-state index in [9.17, 15) is 0 Å². The SMILES string of the molecule is CCN(CC)c1ccc(-c2cc3c(c4ccccc24)N=C(CC(C)(C)C)C2(Nc4ccccc4C2(C)C)O3)cc1. The van der Waals surface area contributed by atoms with Gasteiger partial charge in [-0.3, -0.25) is 0 Å². The highest BCUT2D eigenvalue weighted by atomic mass is 16.5.